The molecule has 0 aliphatic rings. The zero-order valence-corrected chi connectivity index (χ0v) is 26.0. The van der Waals surface area contributed by atoms with E-state index in [4.69, 9.17) is 18.9 Å². The van der Waals surface area contributed by atoms with E-state index in [0.29, 0.717) is 59.6 Å². The molecule has 0 saturated heterocycles. The molecule has 0 radical (unpaired) electrons. The SMILES string of the molecule is CCOc1cc(C(=O)N/N=C/c2cc(I)c(OCC(=O)Nc3ccccc3)c(OCC)c2)ccc1OCc1ccccc1. The Morgan fingerprint density at radius 1 is 0.791 bits per heavy atom. The third kappa shape index (κ3) is 9.47. The van der Waals surface area contributed by atoms with Gasteiger partial charge in [0.1, 0.15) is 6.61 Å². The largest absolute Gasteiger partial charge is 0.490 e. The second-order valence-corrected chi connectivity index (χ2v) is 10.2. The van der Waals surface area contributed by atoms with Crippen molar-refractivity contribution in [2.45, 2.75) is 20.5 Å². The first-order chi connectivity index (χ1) is 21.0. The molecule has 0 aromatic heterocycles. The molecule has 9 nitrogen and oxygen atoms in total. The van der Waals surface area contributed by atoms with E-state index < -0.39 is 5.91 Å². The topological polar surface area (TPSA) is 107 Å². The highest BCUT2D eigenvalue weighted by atomic mass is 127. The van der Waals surface area contributed by atoms with Crippen molar-refractivity contribution < 1.29 is 28.5 Å². The fraction of sp³-hybridized carbons (Fsp3) is 0.182. The molecule has 10 heteroatoms. The van der Waals surface area contributed by atoms with Crippen molar-refractivity contribution in [3.8, 4) is 23.0 Å². The average molecular weight is 694 g/mol. The van der Waals surface area contributed by atoms with Gasteiger partial charge in [0.15, 0.2) is 29.6 Å². The van der Waals surface area contributed by atoms with Crippen LogP contribution in [0.4, 0.5) is 5.69 Å². The summed E-state index contributed by atoms with van der Waals surface area (Å²) in [5, 5.41) is 6.91. The van der Waals surface area contributed by atoms with Crippen LogP contribution in [0, 0.1) is 3.57 Å². The highest BCUT2D eigenvalue weighted by Crippen LogP contribution is 2.34. The molecule has 4 aromatic carbocycles. The first-order valence-electron chi connectivity index (χ1n) is 13.7. The van der Waals surface area contributed by atoms with Crippen LogP contribution in [-0.4, -0.2) is 37.8 Å². The van der Waals surface area contributed by atoms with Gasteiger partial charge in [-0.15, -0.1) is 0 Å². The number of halogens is 1. The van der Waals surface area contributed by atoms with E-state index in [9.17, 15) is 9.59 Å². The molecule has 0 aliphatic heterocycles. The summed E-state index contributed by atoms with van der Waals surface area (Å²) in [6.45, 7) is 4.73. The normalized spacial score (nSPS) is 10.7. The molecule has 0 saturated carbocycles. The average Bonchev–Trinajstić information content (AvgIpc) is 3.01. The summed E-state index contributed by atoms with van der Waals surface area (Å²) in [7, 11) is 0. The number of hydrogen-bond acceptors (Lipinski definition) is 7. The Balaban J connectivity index is 1.39. The number of rotatable bonds is 14. The standard InChI is InChI=1S/C33H32IN3O6/c1-3-40-29-19-25(15-16-28(29)42-21-23-11-7-5-8-12-23)33(39)37-35-20-24-17-27(34)32(30(18-24)41-4-2)43-22-31(38)36-26-13-9-6-10-14-26/h5-20H,3-4,21-22H2,1-2H3,(H,36,38)(H,37,39)/b35-20+. The van der Waals surface area contributed by atoms with Crippen LogP contribution in [0.3, 0.4) is 0 Å². The van der Waals surface area contributed by atoms with Crippen LogP contribution in [0.1, 0.15) is 35.3 Å². The monoisotopic (exact) mass is 693 g/mol. The van der Waals surface area contributed by atoms with Gasteiger partial charge in [-0.1, -0.05) is 48.5 Å². The Morgan fingerprint density at radius 3 is 2.21 bits per heavy atom. The second-order valence-electron chi connectivity index (χ2n) is 9.03. The summed E-state index contributed by atoms with van der Waals surface area (Å²) in [6.07, 6.45) is 1.51. The molecule has 0 bridgehead atoms. The molecule has 4 rings (SSSR count). The van der Waals surface area contributed by atoms with Crippen LogP contribution in [0.15, 0.2) is 96.1 Å². The lowest BCUT2D eigenvalue weighted by Crippen LogP contribution is -2.20. The van der Waals surface area contributed by atoms with Crippen molar-refractivity contribution >= 4 is 46.3 Å². The van der Waals surface area contributed by atoms with Gasteiger partial charge in [-0.2, -0.15) is 5.10 Å². The van der Waals surface area contributed by atoms with Crippen LogP contribution in [-0.2, 0) is 11.4 Å². The predicted molar refractivity (Wildman–Crippen MR) is 174 cm³/mol. The molecule has 222 valence electrons. The molecule has 0 fully saturated rings. The Hall–Kier alpha value is -4.58. The summed E-state index contributed by atoms with van der Waals surface area (Å²) in [5.41, 5.74) is 5.31. The number of ether oxygens (including phenoxy) is 4. The molecule has 4 aromatic rings. The maximum Gasteiger partial charge on any atom is 0.271 e. The second kappa shape index (κ2) is 16.2. The predicted octanol–water partition coefficient (Wildman–Crippen LogP) is 6.45. The maximum atomic E-state index is 12.8. The van der Waals surface area contributed by atoms with Gasteiger partial charge in [0.25, 0.3) is 11.8 Å². The Labute approximate surface area is 264 Å². The maximum absolute atomic E-state index is 12.8. The summed E-state index contributed by atoms with van der Waals surface area (Å²) >= 11 is 2.11. The zero-order valence-electron chi connectivity index (χ0n) is 23.8. The van der Waals surface area contributed by atoms with Crippen molar-refractivity contribution in [2.75, 3.05) is 25.1 Å². The van der Waals surface area contributed by atoms with Gasteiger partial charge in [-0.3, -0.25) is 9.59 Å². The van der Waals surface area contributed by atoms with Crippen molar-refractivity contribution in [1.29, 1.82) is 0 Å². The van der Waals surface area contributed by atoms with Crippen molar-refractivity contribution in [1.82, 2.24) is 5.43 Å². The van der Waals surface area contributed by atoms with E-state index in [1.165, 1.54) is 6.21 Å². The van der Waals surface area contributed by atoms with Crippen LogP contribution in [0.5, 0.6) is 23.0 Å². The summed E-state index contributed by atoms with van der Waals surface area (Å²) in [5.74, 6) is 1.23. The van der Waals surface area contributed by atoms with Crippen molar-refractivity contribution in [3.05, 3.63) is 111 Å². The van der Waals surface area contributed by atoms with E-state index >= 15 is 0 Å². The zero-order chi connectivity index (χ0) is 30.4. The van der Waals surface area contributed by atoms with E-state index in [1.54, 1.807) is 36.4 Å². The van der Waals surface area contributed by atoms with E-state index in [0.717, 1.165) is 9.13 Å². The molecular formula is C33H32IN3O6. The van der Waals surface area contributed by atoms with Gasteiger partial charge in [-0.25, -0.2) is 5.43 Å². The number of hydrazone groups is 1. The van der Waals surface area contributed by atoms with Gasteiger partial charge >= 0.3 is 0 Å². The van der Waals surface area contributed by atoms with Gasteiger partial charge in [0.2, 0.25) is 0 Å². The Bertz CT molecular complexity index is 1550. The lowest BCUT2D eigenvalue weighted by Gasteiger charge is -2.14. The lowest BCUT2D eigenvalue weighted by atomic mass is 10.2. The number of carbonyl (C=O) groups excluding carboxylic acids is 2. The summed E-state index contributed by atoms with van der Waals surface area (Å²) in [6, 6.07) is 27.5. The van der Waals surface area contributed by atoms with Gasteiger partial charge < -0.3 is 24.3 Å². The molecule has 0 atom stereocenters. The molecule has 0 heterocycles. The molecule has 0 aliphatic carbocycles. The van der Waals surface area contributed by atoms with Gasteiger partial charge in [-0.05, 0) is 90.0 Å². The molecule has 2 N–H and O–H groups in total. The number of nitrogens with one attached hydrogen (secondary N) is 2. The number of benzene rings is 4. The third-order valence-corrected chi connectivity index (χ3v) is 6.66. The molecular weight excluding hydrogens is 661 g/mol. The van der Waals surface area contributed by atoms with Crippen molar-refractivity contribution in [3.63, 3.8) is 0 Å². The highest BCUT2D eigenvalue weighted by Gasteiger charge is 2.15. The lowest BCUT2D eigenvalue weighted by molar-refractivity contribution is -0.118. The minimum atomic E-state index is -0.407. The van der Waals surface area contributed by atoms with Gasteiger partial charge in [0.05, 0.1) is 23.0 Å². The van der Waals surface area contributed by atoms with Crippen LogP contribution in [0.25, 0.3) is 0 Å². The van der Waals surface area contributed by atoms with E-state index in [1.807, 2.05) is 68.4 Å². The van der Waals surface area contributed by atoms with Crippen LogP contribution in [0.2, 0.25) is 0 Å². The summed E-state index contributed by atoms with van der Waals surface area (Å²) in [4.78, 5) is 25.2. The molecule has 43 heavy (non-hydrogen) atoms. The van der Waals surface area contributed by atoms with Crippen LogP contribution >= 0.6 is 22.6 Å². The summed E-state index contributed by atoms with van der Waals surface area (Å²) < 4.78 is 23.9. The number of anilines is 1. The molecule has 0 spiro atoms. The fourth-order valence-corrected chi connectivity index (χ4v) is 4.71. The van der Waals surface area contributed by atoms with E-state index in [2.05, 4.69) is 38.4 Å². The number of amides is 2. The number of hydrogen-bond donors (Lipinski definition) is 2. The minimum absolute atomic E-state index is 0.186. The number of para-hydroxylation sites is 1. The Morgan fingerprint density at radius 2 is 1.49 bits per heavy atom. The van der Waals surface area contributed by atoms with E-state index in [-0.39, 0.29) is 12.5 Å². The Kier molecular flexibility index (Phi) is 11.8. The third-order valence-electron chi connectivity index (χ3n) is 5.86. The van der Waals surface area contributed by atoms with Crippen molar-refractivity contribution in [2.24, 2.45) is 5.10 Å². The molecule has 0 unspecified atom stereocenters. The number of carbonyl (C=O) groups is 2. The quantitative estimate of drug-likeness (QED) is 0.0894. The van der Waals surface area contributed by atoms with Crippen LogP contribution < -0.4 is 29.7 Å². The fourth-order valence-electron chi connectivity index (χ4n) is 3.92. The first kappa shape index (κ1) is 31.4. The van der Waals surface area contributed by atoms with Gasteiger partial charge in [0, 0.05) is 11.3 Å². The first-order valence-corrected chi connectivity index (χ1v) is 14.8. The highest BCUT2D eigenvalue weighted by molar-refractivity contribution is 14.1. The molecule has 2 amide bonds. The smallest absolute Gasteiger partial charge is 0.271 e. The minimum Gasteiger partial charge on any atom is -0.490 e. The number of nitrogens with zero attached hydrogens (tertiary/aromatic N) is 1.